The Morgan fingerprint density at radius 1 is 1.19 bits per heavy atom. The van der Waals surface area contributed by atoms with Crippen LogP contribution in [0, 0.1) is 0 Å². The van der Waals surface area contributed by atoms with Crippen LogP contribution in [0.25, 0.3) is 20.3 Å². The molecule has 0 atom stereocenters. The Labute approximate surface area is 131 Å². The van der Waals surface area contributed by atoms with Crippen LogP contribution in [0.2, 0.25) is 0 Å². The number of aromatic nitrogens is 2. The van der Waals surface area contributed by atoms with Gasteiger partial charge in [-0.15, -0.1) is 11.3 Å². The molecule has 3 aromatic rings. The van der Waals surface area contributed by atoms with Crippen LogP contribution in [-0.4, -0.2) is 42.5 Å². The fourth-order valence-electron chi connectivity index (χ4n) is 2.64. The molecular weight excluding hydrogens is 302 g/mol. The van der Waals surface area contributed by atoms with Gasteiger partial charge in [0.1, 0.15) is 0 Å². The minimum absolute atomic E-state index is 0.769. The van der Waals surface area contributed by atoms with E-state index in [9.17, 15) is 0 Å². The molecule has 0 saturated carbocycles. The van der Waals surface area contributed by atoms with E-state index in [1.165, 1.54) is 14.8 Å². The second-order valence-electron chi connectivity index (χ2n) is 4.91. The molecule has 2 aromatic heterocycles. The van der Waals surface area contributed by atoms with Crippen LogP contribution < -0.4 is 4.90 Å². The molecular formula is C15H15N3OS2. The molecule has 1 aromatic carbocycles. The molecule has 108 valence electrons. The second-order valence-corrected chi connectivity index (χ2v) is 6.73. The van der Waals surface area contributed by atoms with Crippen molar-refractivity contribution in [2.75, 3.05) is 37.5 Å². The number of nitrogens with zero attached hydrogens (tertiary/aromatic N) is 3. The van der Waals surface area contributed by atoms with Crippen LogP contribution in [0.4, 0.5) is 5.82 Å². The average molecular weight is 317 g/mol. The van der Waals surface area contributed by atoms with Gasteiger partial charge in [-0.2, -0.15) is 0 Å². The maximum absolute atomic E-state index is 5.46. The predicted octanol–water partition coefficient (Wildman–Crippen LogP) is 3.40. The molecule has 0 bridgehead atoms. The van der Waals surface area contributed by atoms with Gasteiger partial charge in [0.25, 0.3) is 0 Å². The number of rotatable bonds is 2. The van der Waals surface area contributed by atoms with E-state index in [1.54, 1.807) is 23.1 Å². The molecule has 1 aliphatic heterocycles. The van der Waals surface area contributed by atoms with E-state index >= 15 is 0 Å². The number of fused-ring (bicyclic) bond motifs is 3. The summed E-state index contributed by atoms with van der Waals surface area (Å²) in [5.41, 5.74) is 1.08. The normalized spacial score (nSPS) is 16.0. The Kier molecular flexibility index (Phi) is 3.45. The van der Waals surface area contributed by atoms with Gasteiger partial charge in [0.05, 0.1) is 23.4 Å². The summed E-state index contributed by atoms with van der Waals surface area (Å²) in [6.45, 7) is 3.33. The SMILES string of the molecule is CSc1nc(N2CCOCC2)c2sc3ccccc3c2n1. The highest BCUT2D eigenvalue weighted by Crippen LogP contribution is 2.38. The minimum atomic E-state index is 0.769. The first kappa shape index (κ1) is 13.3. The topological polar surface area (TPSA) is 38.2 Å². The summed E-state index contributed by atoms with van der Waals surface area (Å²) >= 11 is 3.38. The van der Waals surface area contributed by atoms with E-state index in [2.05, 4.69) is 29.2 Å². The Morgan fingerprint density at radius 2 is 2.00 bits per heavy atom. The molecule has 0 N–H and O–H groups in total. The lowest BCUT2D eigenvalue weighted by molar-refractivity contribution is 0.122. The average Bonchev–Trinajstić information content (AvgIpc) is 2.93. The van der Waals surface area contributed by atoms with Gasteiger partial charge < -0.3 is 9.64 Å². The number of thiophene rings is 1. The van der Waals surface area contributed by atoms with Crippen molar-refractivity contribution in [2.24, 2.45) is 0 Å². The van der Waals surface area contributed by atoms with Crippen molar-refractivity contribution < 1.29 is 4.74 Å². The summed E-state index contributed by atoms with van der Waals surface area (Å²) in [4.78, 5) is 11.8. The number of hydrogen-bond donors (Lipinski definition) is 0. The number of hydrogen-bond acceptors (Lipinski definition) is 6. The molecule has 3 heterocycles. The van der Waals surface area contributed by atoms with Crippen molar-refractivity contribution in [2.45, 2.75) is 5.16 Å². The lowest BCUT2D eigenvalue weighted by Gasteiger charge is -2.28. The maximum atomic E-state index is 5.46. The fraction of sp³-hybridized carbons (Fsp3) is 0.333. The van der Waals surface area contributed by atoms with E-state index in [0.717, 1.165) is 42.8 Å². The molecule has 6 heteroatoms. The Bertz CT molecular complexity index is 796. The van der Waals surface area contributed by atoms with Crippen LogP contribution in [-0.2, 0) is 4.74 Å². The predicted molar refractivity (Wildman–Crippen MR) is 89.7 cm³/mol. The molecule has 4 nitrogen and oxygen atoms in total. The first-order chi connectivity index (χ1) is 10.4. The molecule has 1 saturated heterocycles. The van der Waals surface area contributed by atoms with Crippen molar-refractivity contribution in [3.8, 4) is 0 Å². The summed E-state index contributed by atoms with van der Waals surface area (Å²) in [7, 11) is 0. The van der Waals surface area contributed by atoms with Gasteiger partial charge in [0, 0.05) is 23.2 Å². The monoisotopic (exact) mass is 317 g/mol. The summed E-state index contributed by atoms with van der Waals surface area (Å²) < 4.78 is 7.93. The third-order valence-corrected chi connectivity index (χ3v) is 5.38. The van der Waals surface area contributed by atoms with E-state index < -0.39 is 0 Å². The number of benzene rings is 1. The molecule has 0 radical (unpaired) electrons. The summed E-state index contributed by atoms with van der Waals surface area (Å²) in [6, 6.07) is 8.46. The van der Waals surface area contributed by atoms with Gasteiger partial charge in [-0.25, -0.2) is 9.97 Å². The second kappa shape index (κ2) is 5.44. The Hall–Kier alpha value is -1.37. The first-order valence-corrected chi connectivity index (χ1v) is 8.97. The quantitative estimate of drug-likeness (QED) is 0.535. The lowest BCUT2D eigenvalue weighted by atomic mass is 10.2. The fourth-order valence-corrected chi connectivity index (χ4v) is 4.16. The summed E-state index contributed by atoms with van der Waals surface area (Å²) in [5, 5.41) is 2.07. The smallest absolute Gasteiger partial charge is 0.189 e. The largest absolute Gasteiger partial charge is 0.378 e. The van der Waals surface area contributed by atoms with E-state index in [4.69, 9.17) is 14.7 Å². The van der Waals surface area contributed by atoms with Crippen molar-refractivity contribution in [1.82, 2.24) is 9.97 Å². The van der Waals surface area contributed by atoms with Gasteiger partial charge in [-0.05, 0) is 12.3 Å². The number of ether oxygens (including phenoxy) is 1. The third kappa shape index (κ3) is 2.27. The molecule has 0 aliphatic carbocycles. The van der Waals surface area contributed by atoms with Crippen LogP contribution >= 0.6 is 23.1 Å². The zero-order valence-corrected chi connectivity index (χ0v) is 13.3. The number of thioether (sulfide) groups is 1. The van der Waals surface area contributed by atoms with Gasteiger partial charge in [0.2, 0.25) is 0 Å². The third-order valence-electron chi connectivity index (χ3n) is 3.67. The van der Waals surface area contributed by atoms with Crippen molar-refractivity contribution in [3.63, 3.8) is 0 Å². The van der Waals surface area contributed by atoms with Gasteiger partial charge in [0.15, 0.2) is 11.0 Å². The summed E-state index contributed by atoms with van der Waals surface area (Å²) in [5.74, 6) is 1.06. The Balaban J connectivity index is 1.99. The summed E-state index contributed by atoms with van der Waals surface area (Å²) in [6.07, 6.45) is 2.03. The zero-order valence-electron chi connectivity index (χ0n) is 11.7. The van der Waals surface area contributed by atoms with Gasteiger partial charge in [-0.1, -0.05) is 30.0 Å². The Morgan fingerprint density at radius 3 is 2.81 bits per heavy atom. The van der Waals surface area contributed by atoms with Crippen molar-refractivity contribution in [3.05, 3.63) is 24.3 Å². The van der Waals surface area contributed by atoms with Crippen molar-refractivity contribution in [1.29, 1.82) is 0 Å². The van der Waals surface area contributed by atoms with Gasteiger partial charge >= 0.3 is 0 Å². The van der Waals surface area contributed by atoms with Crippen LogP contribution in [0.3, 0.4) is 0 Å². The maximum Gasteiger partial charge on any atom is 0.189 e. The molecule has 21 heavy (non-hydrogen) atoms. The molecule has 0 amide bonds. The molecule has 0 unspecified atom stereocenters. The highest BCUT2D eigenvalue weighted by Gasteiger charge is 2.20. The molecule has 4 rings (SSSR count). The van der Waals surface area contributed by atoms with E-state index in [0.29, 0.717) is 0 Å². The number of anilines is 1. The lowest BCUT2D eigenvalue weighted by Crippen LogP contribution is -2.36. The molecule has 0 spiro atoms. The molecule has 1 aliphatic rings. The standard InChI is InChI=1S/C15H15N3OS2/c1-20-15-16-12-10-4-2-3-5-11(10)21-13(12)14(17-15)18-6-8-19-9-7-18/h2-5H,6-9H2,1H3. The van der Waals surface area contributed by atoms with E-state index in [1.807, 2.05) is 6.26 Å². The van der Waals surface area contributed by atoms with Crippen LogP contribution in [0.1, 0.15) is 0 Å². The van der Waals surface area contributed by atoms with E-state index in [-0.39, 0.29) is 0 Å². The highest BCUT2D eigenvalue weighted by atomic mass is 32.2. The minimum Gasteiger partial charge on any atom is -0.378 e. The first-order valence-electron chi connectivity index (χ1n) is 6.93. The van der Waals surface area contributed by atoms with Gasteiger partial charge in [-0.3, -0.25) is 0 Å². The van der Waals surface area contributed by atoms with Crippen molar-refractivity contribution >= 4 is 49.2 Å². The van der Waals surface area contributed by atoms with Crippen LogP contribution in [0.5, 0.6) is 0 Å². The highest BCUT2D eigenvalue weighted by molar-refractivity contribution is 7.98. The molecule has 1 fully saturated rings. The zero-order chi connectivity index (χ0) is 14.2. The number of morpholine rings is 1. The van der Waals surface area contributed by atoms with Crippen LogP contribution in [0.15, 0.2) is 29.4 Å².